The molecular weight excluding hydrogens is 524 g/mol. The van der Waals surface area contributed by atoms with Gasteiger partial charge >= 0.3 is 11.9 Å². The van der Waals surface area contributed by atoms with Gasteiger partial charge < -0.3 is 14.6 Å². The van der Waals surface area contributed by atoms with E-state index < -0.39 is 6.10 Å². The number of hydrogen-bond donors (Lipinski definition) is 1. The second-order valence-electron chi connectivity index (χ2n) is 11.2. The summed E-state index contributed by atoms with van der Waals surface area (Å²) in [5.41, 5.74) is 0. The maximum atomic E-state index is 12.1. The Bertz CT molecular complexity index is 722. The van der Waals surface area contributed by atoms with Crippen LogP contribution >= 0.6 is 0 Å². The van der Waals surface area contributed by atoms with Gasteiger partial charge in [-0.05, 0) is 51.4 Å². The van der Waals surface area contributed by atoms with E-state index in [0.717, 1.165) is 64.2 Å². The summed E-state index contributed by atoms with van der Waals surface area (Å²) in [5, 5.41) is 9.50. The van der Waals surface area contributed by atoms with Crippen LogP contribution in [-0.4, -0.2) is 36.4 Å². The van der Waals surface area contributed by atoms with E-state index in [9.17, 15) is 14.7 Å². The molecule has 242 valence electrons. The Hall–Kier alpha value is -2.14. The lowest BCUT2D eigenvalue weighted by atomic mass is 10.0. The van der Waals surface area contributed by atoms with Crippen molar-refractivity contribution >= 4 is 11.9 Å². The highest BCUT2D eigenvalue weighted by Gasteiger charge is 2.16. The smallest absolute Gasteiger partial charge is 0.306 e. The zero-order valence-corrected chi connectivity index (χ0v) is 27.2. The summed E-state index contributed by atoms with van der Waals surface area (Å²) in [6.07, 6.45) is 40.2. The molecule has 0 unspecified atom stereocenters. The number of carbonyl (C=O) groups is 2. The fourth-order valence-electron chi connectivity index (χ4n) is 4.54. The molecule has 0 aromatic carbocycles. The number of ether oxygens (including phenoxy) is 2. The Kier molecular flexibility index (Phi) is 31.7. The molecule has 0 aliphatic heterocycles. The molecular formula is C37H64O5. The lowest BCUT2D eigenvalue weighted by molar-refractivity contribution is -0.161. The van der Waals surface area contributed by atoms with E-state index in [4.69, 9.17) is 9.47 Å². The van der Waals surface area contributed by atoms with Gasteiger partial charge in [-0.15, -0.1) is 0 Å². The van der Waals surface area contributed by atoms with Crippen LogP contribution in [0.3, 0.4) is 0 Å². The van der Waals surface area contributed by atoms with E-state index in [1.807, 2.05) is 0 Å². The molecule has 0 fully saturated rings. The number of allylic oxidation sites excluding steroid dienone is 8. The van der Waals surface area contributed by atoms with Gasteiger partial charge in [0.2, 0.25) is 0 Å². The number of hydrogen-bond acceptors (Lipinski definition) is 5. The van der Waals surface area contributed by atoms with Gasteiger partial charge in [0.05, 0.1) is 6.61 Å². The number of rotatable bonds is 30. The van der Waals surface area contributed by atoms with Crippen LogP contribution in [0.25, 0.3) is 0 Å². The Labute approximate surface area is 258 Å². The van der Waals surface area contributed by atoms with Crippen LogP contribution in [0.15, 0.2) is 48.6 Å². The Morgan fingerprint density at radius 2 is 1.02 bits per heavy atom. The molecule has 0 aromatic rings. The van der Waals surface area contributed by atoms with Crippen LogP contribution in [0.5, 0.6) is 0 Å². The first-order chi connectivity index (χ1) is 20.6. The monoisotopic (exact) mass is 588 g/mol. The zero-order valence-electron chi connectivity index (χ0n) is 27.2. The third-order valence-corrected chi connectivity index (χ3v) is 7.14. The highest BCUT2D eigenvalue weighted by atomic mass is 16.6. The van der Waals surface area contributed by atoms with Gasteiger partial charge in [0.25, 0.3) is 0 Å². The average Bonchev–Trinajstić information content (AvgIpc) is 2.99. The molecule has 1 atom stereocenters. The van der Waals surface area contributed by atoms with Crippen molar-refractivity contribution in [1.82, 2.24) is 0 Å². The summed E-state index contributed by atoms with van der Waals surface area (Å²) in [6.45, 7) is 3.97. The quantitative estimate of drug-likeness (QED) is 0.0513. The minimum absolute atomic E-state index is 0.0819. The highest BCUT2D eigenvalue weighted by molar-refractivity contribution is 5.70. The largest absolute Gasteiger partial charge is 0.462 e. The molecule has 5 heteroatoms. The van der Waals surface area contributed by atoms with Crippen molar-refractivity contribution < 1.29 is 24.2 Å². The number of unbranched alkanes of at least 4 members (excludes halogenated alkanes) is 14. The van der Waals surface area contributed by atoms with Crippen molar-refractivity contribution in [2.75, 3.05) is 13.2 Å². The van der Waals surface area contributed by atoms with E-state index in [0.29, 0.717) is 12.8 Å². The normalized spacial score (nSPS) is 12.7. The molecule has 42 heavy (non-hydrogen) atoms. The van der Waals surface area contributed by atoms with Crippen molar-refractivity contribution in [1.29, 1.82) is 0 Å². The predicted molar refractivity (Wildman–Crippen MR) is 177 cm³/mol. The van der Waals surface area contributed by atoms with Gasteiger partial charge in [-0.1, -0.05) is 140 Å². The van der Waals surface area contributed by atoms with Crippen LogP contribution in [-0.2, 0) is 19.1 Å². The fourth-order valence-corrected chi connectivity index (χ4v) is 4.54. The summed E-state index contributed by atoms with van der Waals surface area (Å²) in [6, 6.07) is 0. The summed E-state index contributed by atoms with van der Waals surface area (Å²) < 4.78 is 10.5. The van der Waals surface area contributed by atoms with Gasteiger partial charge in [0, 0.05) is 12.8 Å². The Balaban J connectivity index is 3.67. The van der Waals surface area contributed by atoms with E-state index >= 15 is 0 Å². The molecule has 0 radical (unpaired) electrons. The van der Waals surface area contributed by atoms with Crippen molar-refractivity contribution in [2.45, 2.75) is 161 Å². The lowest BCUT2D eigenvalue weighted by Crippen LogP contribution is -2.28. The van der Waals surface area contributed by atoms with E-state index in [1.54, 1.807) is 0 Å². The summed E-state index contributed by atoms with van der Waals surface area (Å²) in [5.74, 6) is -0.641. The first-order valence-electron chi connectivity index (χ1n) is 17.2. The molecule has 5 nitrogen and oxygen atoms in total. The molecule has 0 aliphatic rings. The Morgan fingerprint density at radius 3 is 1.55 bits per heavy atom. The number of aliphatic hydroxyl groups is 1. The second-order valence-corrected chi connectivity index (χ2v) is 11.2. The molecule has 0 saturated carbocycles. The van der Waals surface area contributed by atoms with Crippen molar-refractivity contribution in [3.8, 4) is 0 Å². The SMILES string of the molecule is CC/C=C/C/C=C/C/C=C/C/C=C/CCCCC(=O)O[C@@H](CO)COC(=O)CCCCCCCCCCCCCCC. The van der Waals surface area contributed by atoms with E-state index in [2.05, 4.69) is 62.5 Å². The van der Waals surface area contributed by atoms with Crippen molar-refractivity contribution in [2.24, 2.45) is 0 Å². The molecule has 0 bridgehead atoms. The summed E-state index contributed by atoms with van der Waals surface area (Å²) in [4.78, 5) is 24.1. The molecule has 0 aliphatic carbocycles. The third-order valence-electron chi connectivity index (χ3n) is 7.14. The molecule has 0 saturated heterocycles. The van der Waals surface area contributed by atoms with Gasteiger partial charge in [0.1, 0.15) is 6.61 Å². The molecule has 0 heterocycles. The van der Waals surface area contributed by atoms with Gasteiger partial charge in [-0.3, -0.25) is 9.59 Å². The van der Waals surface area contributed by atoms with Gasteiger partial charge in [-0.2, -0.15) is 0 Å². The molecule has 1 N–H and O–H groups in total. The summed E-state index contributed by atoms with van der Waals surface area (Å²) in [7, 11) is 0. The maximum absolute atomic E-state index is 12.1. The molecule has 0 spiro atoms. The van der Waals surface area contributed by atoms with Crippen LogP contribution in [0, 0.1) is 0 Å². The van der Waals surface area contributed by atoms with Crippen molar-refractivity contribution in [3.05, 3.63) is 48.6 Å². The van der Waals surface area contributed by atoms with Crippen LogP contribution in [0.4, 0.5) is 0 Å². The minimum Gasteiger partial charge on any atom is -0.462 e. The zero-order chi connectivity index (χ0) is 30.8. The minimum atomic E-state index is -0.789. The lowest BCUT2D eigenvalue weighted by Gasteiger charge is -2.15. The van der Waals surface area contributed by atoms with Crippen molar-refractivity contribution in [3.63, 3.8) is 0 Å². The first-order valence-corrected chi connectivity index (χ1v) is 17.2. The predicted octanol–water partition coefficient (Wildman–Crippen LogP) is 10.3. The first kappa shape index (κ1) is 39.9. The second kappa shape index (κ2) is 33.4. The maximum Gasteiger partial charge on any atom is 0.306 e. The average molecular weight is 589 g/mol. The van der Waals surface area contributed by atoms with E-state index in [1.165, 1.54) is 64.2 Å². The number of esters is 2. The topological polar surface area (TPSA) is 72.8 Å². The van der Waals surface area contributed by atoms with Gasteiger partial charge in [-0.25, -0.2) is 0 Å². The molecule has 0 aromatic heterocycles. The number of aliphatic hydroxyl groups excluding tert-OH is 1. The van der Waals surface area contributed by atoms with Crippen LogP contribution < -0.4 is 0 Å². The standard InChI is InChI=1S/C37H64O5/c1-3-5-7-9-11-13-15-17-18-20-22-24-26-28-30-32-37(40)42-35(33-38)34-41-36(39)31-29-27-25-23-21-19-16-14-12-10-8-6-4-2/h5,7,11,13,17-18,22,24,35,38H,3-4,6,8-10,12,14-16,19-21,23,25-34H2,1-2H3/b7-5+,13-11+,18-17+,24-22+/t35-/m0/s1. The molecule has 0 amide bonds. The number of carbonyl (C=O) groups excluding carboxylic acids is 2. The summed E-state index contributed by atoms with van der Waals surface area (Å²) >= 11 is 0. The highest BCUT2D eigenvalue weighted by Crippen LogP contribution is 2.13. The van der Waals surface area contributed by atoms with E-state index in [-0.39, 0.29) is 25.2 Å². The van der Waals surface area contributed by atoms with Crippen LogP contribution in [0.2, 0.25) is 0 Å². The molecule has 0 rings (SSSR count). The van der Waals surface area contributed by atoms with Crippen LogP contribution in [0.1, 0.15) is 155 Å². The fraction of sp³-hybridized carbons (Fsp3) is 0.730. The third kappa shape index (κ3) is 30.8. The van der Waals surface area contributed by atoms with Gasteiger partial charge in [0.15, 0.2) is 6.10 Å². The Morgan fingerprint density at radius 1 is 0.571 bits per heavy atom.